The number of nitrogens with one attached hydrogen (secondary N) is 1. The molecule has 0 spiro atoms. The number of hydrogen-bond acceptors (Lipinski definition) is 4. The Balaban J connectivity index is 2.02. The minimum Gasteiger partial charge on any atom is -0.354 e. The Labute approximate surface area is 224 Å². The molecule has 0 saturated heterocycles. The van der Waals surface area contributed by atoms with E-state index in [9.17, 15) is 22.4 Å². The van der Waals surface area contributed by atoms with E-state index >= 15 is 0 Å². The van der Waals surface area contributed by atoms with E-state index in [0.29, 0.717) is 24.2 Å². The zero-order chi connectivity index (χ0) is 27.7. The summed E-state index contributed by atoms with van der Waals surface area (Å²) >= 11 is 0. The van der Waals surface area contributed by atoms with E-state index < -0.39 is 34.3 Å². The molecule has 2 amide bonds. The van der Waals surface area contributed by atoms with Crippen LogP contribution in [0.1, 0.15) is 37.8 Å². The lowest BCUT2D eigenvalue weighted by atomic mass is 10.1. The van der Waals surface area contributed by atoms with E-state index in [1.807, 2.05) is 13.8 Å². The maximum absolute atomic E-state index is 13.9. The van der Waals surface area contributed by atoms with Gasteiger partial charge in [-0.1, -0.05) is 61.9 Å². The monoisotopic (exact) mass is 539 g/mol. The lowest BCUT2D eigenvalue weighted by Gasteiger charge is -2.33. The van der Waals surface area contributed by atoms with Crippen LogP contribution in [0.4, 0.5) is 10.1 Å². The van der Waals surface area contributed by atoms with Crippen LogP contribution in [0.15, 0.2) is 83.8 Å². The Kier molecular flexibility index (Phi) is 10.0. The normalized spacial score (nSPS) is 12.0. The van der Waals surface area contributed by atoms with Crippen LogP contribution in [0.2, 0.25) is 0 Å². The second-order valence-corrected chi connectivity index (χ2v) is 10.9. The Bertz CT molecular complexity index is 1310. The van der Waals surface area contributed by atoms with Crippen molar-refractivity contribution < 1.29 is 22.4 Å². The molecule has 9 heteroatoms. The molecule has 0 aliphatic carbocycles. The largest absolute Gasteiger partial charge is 0.354 e. The molecule has 0 aliphatic heterocycles. The Hall–Kier alpha value is -3.72. The van der Waals surface area contributed by atoms with Crippen molar-refractivity contribution in [2.75, 3.05) is 17.4 Å². The fraction of sp³-hybridized carbons (Fsp3) is 0.310. The number of aryl methyl sites for hydroxylation is 1. The summed E-state index contributed by atoms with van der Waals surface area (Å²) in [5.74, 6) is -1.29. The summed E-state index contributed by atoms with van der Waals surface area (Å²) in [6, 6.07) is 19.6. The van der Waals surface area contributed by atoms with Gasteiger partial charge in [-0.2, -0.15) is 0 Å². The summed E-state index contributed by atoms with van der Waals surface area (Å²) in [5.41, 5.74) is 1.89. The van der Waals surface area contributed by atoms with Gasteiger partial charge in [0.2, 0.25) is 11.8 Å². The van der Waals surface area contributed by atoms with E-state index in [1.165, 1.54) is 29.2 Å². The van der Waals surface area contributed by atoms with Crippen LogP contribution in [0.5, 0.6) is 0 Å². The molecule has 0 bridgehead atoms. The number of nitrogens with zero attached hydrogens (tertiary/aromatic N) is 2. The van der Waals surface area contributed by atoms with Crippen molar-refractivity contribution in [3.63, 3.8) is 0 Å². The summed E-state index contributed by atoms with van der Waals surface area (Å²) in [7, 11) is -4.11. The zero-order valence-electron chi connectivity index (χ0n) is 21.9. The molecule has 7 nitrogen and oxygen atoms in total. The van der Waals surface area contributed by atoms with Gasteiger partial charge in [-0.05, 0) is 61.7 Å². The number of anilines is 1. The van der Waals surface area contributed by atoms with E-state index in [4.69, 9.17) is 0 Å². The van der Waals surface area contributed by atoms with Gasteiger partial charge in [0, 0.05) is 13.1 Å². The van der Waals surface area contributed by atoms with E-state index in [1.54, 1.807) is 61.5 Å². The highest BCUT2D eigenvalue weighted by Gasteiger charge is 2.33. The Morgan fingerprint density at radius 1 is 0.921 bits per heavy atom. The van der Waals surface area contributed by atoms with Crippen molar-refractivity contribution in [1.29, 1.82) is 0 Å². The standard InChI is InChI=1S/C29H34FN3O4S/c1-4-19-31-29(35)27(5-2)32(20-23-13-15-24(30)16-14-23)28(34)21-33(25-17-11-22(3)12-18-25)38(36,37)26-9-7-6-8-10-26/h6-18,27H,4-5,19-21H2,1-3H3,(H,31,35). The van der Waals surface area contributed by atoms with Crippen LogP contribution in [0.3, 0.4) is 0 Å². The van der Waals surface area contributed by atoms with Crippen LogP contribution in [0.25, 0.3) is 0 Å². The molecule has 0 aliphatic rings. The van der Waals surface area contributed by atoms with Gasteiger partial charge in [-0.25, -0.2) is 12.8 Å². The highest BCUT2D eigenvalue weighted by molar-refractivity contribution is 7.92. The number of carbonyl (C=O) groups excluding carboxylic acids is 2. The number of rotatable bonds is 12. The average Bonchev–Trinajstić information content (AvgIpc) is 2.92. The topological polar surface area (TPSA) is 86.8 Å². The third-order valence-electron chi connectivity index (χ3n) is 6.13. The van der Waals surface area contributed by atoms with Crippen LogP contribution in [-0.2, 0) is 26.2 Å². The number of benzene rings is 3. The molecule has 0 fully saturated rings. The van der Waals surface area contributed by atoms with Crippen LogP contribution in [-0.4, -0.2) is 44.3 Å². The molecule has 0 heterocycles. The van der Waals surface area contributed by atoms with E-state index in [0.717, 1.165) is 16.3 Å². The lowest BCUT2D eigenvalue weighted by molar-refractivity contribution is -0.140. The first kappa shape index (κ1) is 28.8. The Morgan fingerprint density at radius 2 is 1.55 bits per heavy atom. The maximum atomic E-state index is 13.9. The summed E-state index contributed by atoms with van der Waals surface area (Å²) in [6.07, 6.45) is 1.04. The van der Waals surface area contributed by atoms with Gasteiger partial charge in [-0.15, -0.1) is 0 Å². The number of carbonyl (C=O) groups is 2. The molecular formula is C29H34FN3O4S. The average molecular weight is 540 g/mol. The lowest BCUT2D eigenvalue weighted by Crippen LogP contribution is -2.52. The molecule has 1 N–H and O–H groups in total. The van der Waals surface area contributed by atoms with Crippen molar-refractivity contribution >= 4 is 27.5 Å². The Morgan fingerprint density at radius 3 is 2.13 bits per heavy atom. The van der Waals surface area contributed by atoms with E-state index in [-0.39, 0.29) is 17.3 Å². The predicted octanol–water partition coefficient (Wildman–Crippen LogP) is 4.66. The number of halogens is 1. The first-order chi connectivity index (χ1) is 18.2. The molecule has 3 rings (SSSR count). The number of amides is 2. The maximum Gasteiger partial charge on any atom is 0.264 e. The van der Waals surface area contributed by atoms with Gasteiger partial charge in [0.05, 0.1) is 10.6 Å². The van der Waals surface area contributed by atoms with Crippen LogP contribution in [0, 0.1) is 12.7 Å². The van der Waals surface area contributed by atoms with Crippen molar-refractivity contribution in [1.82, 2.24) is 10.2 Å². The molecule has 202 valence electrons. The van der Waals surface area contributed by atoms with Gasteiger partial charge in [0.15, 0.2) is 0 Å². The van der Waals surface area contributed by atoms with Gasteiger partial charge in [-0.3, -0.25) is 13.9 Å². The molecule has 38 heavy (non-hydrogen) atoms. The third-order valence-corrected chi connectivity index (χ3v) is 7.92. The van der Waals surface area contributed by atoms with Crippen molar-refractivity contribution in [2.45, 2.75) is 51.1 Å². The first-order valence-electron chi connectivity index (χ1n) is 12.6. The minimum absolute atomic E-state index is 0.0181. The van der Waals surface area contributed by atoms with Gasteiger partial charge in [0.1, 0.15) is 18.4 Å². The van der Waals surface area contributed by atoms with Gasteiger partial charge in [0.25, 0.3) is 10.0 Å². The quantitative estimate of drug-likeness (QED) is 0.363. The fourth-order valence-corrected chi connectivity index (χ4v) is 5.47. The van der Waals surface area contributed by atoms with Crippen molar-refractivity contribution in [3.05, 3.63) is 95.8 Å². The highest BCUT2D eigenvalue weighted by atomic mass is 32.2. The summed E-state index contributed by atoms with van der Waals surface area (Å²) in [4.78, 5) is 28.3. The smallest absolute Gasteiger partial charge is 0.264 e. The fourth-order valence-electron chi connectivity index (χ4n) is 4.03. The number of sulfonamides is 1. The highest BCUT2D eigenvalue weighted by Crippen LogP contribution is 2.25. The molecular weight excluding hydrogens is 505 g/mol. The second kappa shape index (κ2) is 13.2. The summed E-state index contributed by atoms with van der Waals surface area (Å²) in [5, 5.41) is 2.84. The van der Waals surface area contributed by atoms with Crippen molar-refractivity contribution in [2.24, 2.45) is 0 Å². The molecule has 1 atom stereocenters. The van der Waals surface area contributed by atoms with Crippen LogP contribution < -0.4 is 9.62 Å². The molecule has 0 saturated carbocycles. The molecule has 1 unspecified atom stereocenters. The zero-order valence-corrected chi connectivity index (χ0v) is 22.7. The third kappa shape index (κ3) is 7.19. The second-order valence-electron chi connectivity index (χ2n) is 9.02. The molecule has 0 aromatic heterocycles. The van der Waals surface area contributed by atoms with Gasteiger partial charge < -0.3 is 10.2 Å². The number of hydrogen-bond donors (Lipinski definition) is 1. The SMILES string of the molecule is CCCNC(=O)C(CC)N(Cc1ccc(F)cc1)C(=O)CN(c1ccc(C)cc1)S(=O)(=O)c1ccccc1. The minimum atomic E-state index is -4.11. The summed E-state index contributed by atoms with van der Waals surface area (Å²) in [6.45, 7) is 5.56. The first-order valence-corrected chi connectivity index (χ1v) is 14.1. The van der Waals surface area contributed by atoms with E-state index in [2.05, 4.69) is 5.32 Å². The summed E-state index contributed by atoms with van der Waals surface area (Å²) < 4.78 is 42.0. The molecule has 0 radical (unpaired) electrons. The van der Waals surface area contributed by atoms with Gasteiger partial charge >= 0.3 is 0 Å². The molecule has 3 aromatic carbocycles. The van der Waals surface area contributed by atoms with Crippen LogP contribution >= 0.6 is 0 Å². The molecule has 3 aromatic rings. The predicted molar refractivity (Wildman–Crippen MR) is 146 cm³/mol. The van der Waals surface area contributed by atoms with Crippen molar-refractivity contribution in [3.8, 4) is 0 Å².